The van der Waals surface area contributed by atoms with Crippen molar-refractivity contribution in [2.24, 2.45) is 5.73 Å². The molecule has 14 heteroatoms. The van der Waals surface area contributed by atoms with Gasteiger partial charge >= 0.3 is 12.2 Å². The van der Waals surface area contributed by atoms with Crippen LogP contribution in [0.5, 0.6) is 0 Å². The molecule has 1 aliphatic rings. The largest absolute Gasteiger partial charge is 0.445 e. The van der Waals surface area contributed by atoms with E-state index in [2.05, 4.69) is 15.6 Å². The zero-order chi connectivity index (χ0) is 39.2. The van der Waals surface area contributed by atoms with E-state index in [1.54, 1.807) is 24.3 Å². The van der Waals surface area contributed by atoms with E-state index in [-0.39, 0.29) is 38.3 Å². The summed E-state index contributed by atoms with van der Waals surface area (Å²) in [6.07, 6.45) is -0.227. The fourth-order valence-corrected chi connectivity index (χ4v) is 6.55. The number of fused-ring (bicyclic) bond motifs is 1. The molecule has 0 radical (unpaired) electrons. The van der Waals surface area contributed by atoms with Gasteiger partial charge in [0.15, 0.2) is 5.58 Å². The molecule has 1 fully saturated rings. The number of ether oxygens (including phenoxy) is 2. The van der Waals surface area contributed by atoms with Crippen molar-refractivity contribution in [3.05, 3.63) is 102 Å². The molecular formula is C41H50N6O8. The van der Waals surface area contributed by atoms with Gasteiger partial charge in [0.05, 0.1) is 12.6 Å². The Hall–Kier alpha value is -5.76. The number of carbonyl (C=O) groups excluding carboxylic acids is 5. The topological polar surface area (TPSA) is 186 Å². The summed E-state index contributed by atoms with van der Waals surface area (Å²) in [6.45, 7) is 4.75. The number of nitrogens with two attached hydrogens (primary N) is 1. The van der Waals surface area contributed by atoms with E-state index >= 15 is 0 Å². The van der Waals surface area contributed by atoms with Crippen LogP contribution in [0, 0.1) is 0 Å². The first-order valence-corrected chi connectivity index (χ1v) is 18.9. The Morgan fingerprint density at radius 3 is 2.22 bits per heavy atom. The van der Waals surface area contributed by atoms with Gasteiger partial charge in [-0.1, -0.05) is 72.8 Å². The summed E-state index contributed by atoms with van der Waals surface area (Å²) in [4.78, 5) is 76.0. The van der Waals surface area contributed by atoms with Crippen LogP contribution < -0.4 is 16.4 Å². The Labute approximate surface area is 320 Å². The minimum absolute atomic E-state index is 0.00986. The zero-order valence-corrected chi connectivity index (χ0v) is 31.4. The molecule has 55 heavy (non-hydrogen) atoms. The molecule has 14 nitrogen and oxygen atoms in total. The Morgan fingerprint density at radius 2 is 1.55 bits per heavy atom. The number of unbranched alkanes of at least 4 members (excludes halogenated alkanes) is 1. The van der Waals surface area contributed by atoms with E-state index in [1.165, 1.54) is 9.80 Å². The lowest BCUT2D eigenvalue weighted by atomic mass is 10.0. The molecule has 0 saturated carbocycles. The minimum atomic E-state index is -1.14. The van der Waals surface area contributed by atoms with Crippen molar-refractivity contribution in [1.29, 1.82) is 0 Å². The highest BCUT2D eigenvalue weighted by Gasteiger charge is 2.45. The maximum Gasteiger partial charge on any atom is 0.410 e. The number of nitrogens with one attached hydrogen (secondary N) is 2. The summed E-state index contributed by atoms with van der Waals surface area (Å²) >= 11 is 0. The molecule has 4 N–H and O–H groups in total. The second-order valence-corrected chi connectivity index (χ2v) is 13.4. The molecule has 3 aromatic carbocycles. The smallest absolute Gasteiger partial charge is 0.410 e. The number of amides is 4. The SMILES string of the molecule is CCN(CC)C(=O)O[C@@H]1C[C@@H](C(=O)N[C@@H](CCCCN)C(=O)c2nc3ccccc3o2)N(C(=O)[C@@H](CCc2ccccc2)NC(=O)OCc2ccccc2)C1. The second kappa shape index (κ2) is 20.1. The lowest BCUT2D eigenvalue weighted by molar-refractivity contribution is -0.140. The number of benzene rings is 3. The number of hydrogen-bond acceptors (Lipinski definition) is 10. The number of carbonyl (C=O) groups is 5. The fourth-order valence-electron chi connectivity index (χ4n) is 6.55. The van der Waals surface area contributed by atoms with Gasteiger partial charge in [-0.15, -0.1) is 0 Å². The third-order valence-electron chi connectivity index (χ3n) is 9.59. The van der Waals surface area contributed by atoms with Crippen molar-refractivity contribution in [2.75, 3.05) is 26.2 Å². The van der Waals surface area contributed by atoms with Gasteiger partial charge in [-0.2, -0.15) is 0 Å². The summed E-state index contributed by atoms with van der Waals surface area (Å²) < 4.78 is 17.1. The van der Waals surface area contributed by atoms with Crippen LogP contribution in [0.3, 0.4) is 0 Å². The van der Waals surface area contributed by atoms with Crippen LogP contribution >= 0.6 is 0 Å². The lowest BCUT2D eigenvalue weighted by Gasteiger charge is -2.29. The van der Waals surface area contributed by atoms with Gasteiger partial charge in [-0.25, -0.2) is 14.6 Å². The molecule has 0 unspecified atom stereocenters. The second-order valence-electron chi connectivity index (χ2n) is 13.4. The molecule has 4 atom stereocenters. The minimum Gasteiger partial charge on any atom is -0.445 e. The Bertz CT molecular complexity index is 1850. The summed E-state index contributed by atoms with van der Waals surface area (Å²) in [5.74, 6) is -1.85. The van der Waals surface area contributed by atoms with Crippen LogP contribution in [0.1, 0.15) is 67.8 Å². The van der Waals surface area contributed by atoms with Crippen LogP contribution in [0.4, 0.5) is 9.59 Å². The predicted molar refractivity (Wildman–Crippen MR) is 205 cm³/mol. The quantitative estimate of drug-likeness (QED) is 0.0922. The van der Waals surface area contributed by atoms with Crippen LogP contribution in [0.15, 0.2) is 89.3 Å². The van der Waals surface area contributed by atoms with Gasteiger partial charge in [0.1, 0.15) is 30.3 Å². The summed E-state index contributed by atoms with van der Waals surface area (Å²) in [5, 5.41) is 5.58. The predicted octanol–water partition coefficient (Wildman–Crippen LogP) is 5.00. The van der Waals surface area contributed by atoms with E-state index in [0.29, 0.717) is 50.0 Å². The fraction of sp³-hybridized carbons (Fsp3) is 0.415. The van der Waals surface area contributed by atoms with Gasteiger partial charge in [-0.05, 0) is 75.8 Å². The molecule has 4 aromatic rings. The normalized spacial score (nSPS) is 16.2. The number of Topliss-reactive ketones (excluding diaryl/α,β-unsaturated/α-hetero) is 1. The molecule has 5 rings (SSSR count). The molecule has 1 aliphatic heterocycles. The highest BCUT2D eigenvalue weighted by Crippen LogP contribution is 2.25. The van der Waals surface area contributed by atoms with Crippen molar-refractivity contribution in [3.63, 3.8) is 0 Å². The average molecular weight is 755 g/mol. The molecule has 0 bridgehead atoms. The number of oxazole rings is 1. The number of alkyl carbamates (subject to hydrolysis) is 1. The van der Waals surface area contributed by atoms with Gasteiger partial charge in [0.25, 0.3) is 5.89 Å². The van der Waals surface area contributed by atoms with E-state index < -0.39 is 54.0 Å². The average Bonchev–Trinajstić information content (AvgIpc) is 3.84. The first-order chi connectivity index (χ1) is 26.7. The standard InChI is InChI=1S/C41H50N6O8/c1-3-46(4-2)41(52)54-30-25-34(37(49)43-32(20-13-14-24-42)36(48)38-44-31-19-11-12-21-35(31)55-38)47(26-30)39(50)33(23-22-28-15-7-5-8-16-28)45-40(51)53-27-29-17-9-6-10-18-29/h5-12,15-19,21,30,32-34H,3-4,13-14,20,22-27,42H2,1-2H3,(H,43,49)(H,45,51)/t30-,32+,33-,34+/m1/s1. The summed E-state index contributed by atoms with van der Waals surface area (Å²) in [7, 11) is 0. The van der Waals surface area contributed by atoms with Crippen LogP contribution in [-0.2, 0) is 32.1 Å². The van der Waals surface area contributed by atoms with E-state index in [1.807, 2.05) is 74.5 Å². The van der Waals surface area contributed by atoms with E-state index in [4.69, 9.17) is 19.6 Å². The number of likely N-dealkylation sites (tertiary alicyclic amines) is 1. The first kappa shape index (κ1) is 40.4. The van der Waals surface area contributed by atoms with Crippen LogP contribution in [0.25, 0.3) is 11.1 Å². The zero-order valence-electron chi connectivity index (χ0n) is 31.4. The van der Waals surface area contributed by atoms with Gasteiger partial charge < -0.3 is 40.1 Å². The van der Waals surface area contributed by atoms with Crippen molar-refractivity contribution < 1.29 is 37.9 Å². The van der Waals surface area contributed by atoms with Gasteiger partial charge in [-0.3, -0.25) is 14.4 Å². The Morgan fingerprint density at radius 1 is 0.873 bits per heavy atom. The monoisotopic (exact) mass is 754 g/mol. The number of nitrogens with zero attached hydrogens (tertiary/aromatic N) is 3. The van der Waals surface area contributed by atoms with E-state index in [9.17, 15) is 24.0 Å². The highest BCUT2D eigenvalue weighted by molar-refractivity contribution is 6.01. The number of ketones is 1. The van der Waals surface area contributed by atoms with Crippen molar-refractivity contribution in [2.45, 2.75) is 83.2 Å². The first-order valence-electron chi connectivity index (χ1n) is 18.9. The van der Waals surface area contributed by atoms with Gasteiger partial charge in [0.2, 0.25) is 17.6 Å². The number of rotatable bonds is 18. The van der Waals surface area contributed by atoms with Crippen molar-refractivity contribution in [1.82, 2.24) is 25.4 Å². The number of para-hydroxylation sites is 2. The summed E-state index contributed by atoms with van der Waals surface area (Å²) in [5.41, 5.74) is 8.39. The lowest BCUT2D eigenvalue weighted by Crippen LogP contribution is -2.55. The Balaban J connectivity index is 1.39. The van der Waals surface area contributed by atoms with Crippen molar-refractivity contribution in [3.8, 4) is 0 Å². The molecular weight excluding hydrogens is 704 g/mol. The highest BCUT2D eigenvalue weighted by atomic mass is 16.6. The molecule has 4 amide bonds. The number of aromatic nitrogens is 1. The molecule has 2 heterocycles. The third-order valence-corrected chi connectivity index (χ3v) is 9.59. The molecule has 0 aliphatic carbocycles. The van der Waals surface area contributed by atoms with Gasteiger partial charge in [0, 0.05) is 19.5 Å². The maximum absolute atomic E-state index is 14.5. The van der Waals surface area contributed by atoms with Crippen LogP contribution in [0.2, 0.25) is 0 Å². The third kappa shape index (κ3) is 11.1. The summed E-state index contributed by atoms with van der Waals surface area (Å²) in [6, 6.07) is 22.3. The number of aryl methyl sites for hydroxylation is 1. The Kier molecular flexibility index (Phi) is 14.8. The van der Waals surface area contributed by atoms with Crippen molar-refractivity contribution >= 4 is 40.9 Å². The molecule has 0 spiro atoms. The number of hydrogen-bond donors (Lipinski definition) is 3. The molecule has 1 aromatic heterocycles. The molecule has 1 saturated heterocycles. The van der Waals surface area contributed by atoms with Crippen LogP contribution in [-0.4, -0.2) is 95.0 Å². The molecule has 292 valence electrons. The maximum atomic E-state index is 14.5. The van der Waals surface area contributed by atoms with E-state index in [0.717, 1.165) is 11.1 Å².